The van der Waals surface area contributed by atoms with Crippen LogP contribution in [0.5, 0.6) is 0 Å². The fraction of sp³-hybridized carbons (Fsp3) is 0.571. The lowest BCUT2D eigenvalue weighted by atomic mass is 10.0. The Morgan fingerprint density at radius 2 is 2.06 bits per heavy atom. The van der Waals surface area contributed by atoms with Gasteiger partial charge in [0.05, 0.1) is 17.4 Å². The second-order valence-corrected chi connectivity index (χ2v) is 4.34. The van der Waals surface area contributed by atoms with Crippen LogP contribution in [0.15, 0.2) is 18.5 Å². The second kappa shape index (κ2) is 7.69. The summed E-state index contributed by atoms with van der Waals surface area (Å²) in [7, 11) is 0. The van der Waals surface area contributed by atoms with Gasteiger partial charge < -0.3 is 10.6 Å². The van der Waals surface area contributed by atoms with Gasteiger partial charge in [0, 0.05) is 19.3 Å². The maximum absolute atomic E-state index is 12.1. The number of hydrogen-bond acceptors (Lipinski definition) is 3. The van der Waals surface area contributed by atoms with E-state index in [0.29, 0.717) is 11.5 Å². The van der Waals surface area contributed by atoms with Gasteiger partial charge in [-0.15, -0.1) is 0 Å². The zero-order valence-corrected chi connectivity index (χ0v) is 11.5. The zero-order valence-electron chi connectivity index (χ0n) is 11.5. The molecule has 0 unspecified atom stereocenters. The SMILES string of the molecule is CCNc1cnccc1C(=O)NCC(CC)CC. The predicted octanol–water partition coefficient (Wildman–Crippen LogP) is 2.68. The van der Waals surface area contributed by atoms with E-state index in [0.717, 1.165) is 31.6 Å². The van der Waals surface area contributed by atoms with Crippen LogP contribution in [0.2, 0.25) is 0 Å². The summed E-state index contributed by atoms with van der Waals surface area (Å²) in [5.41, 5.74) is 1.46. The van der Waals surface area contributed by atoms with Crippen molar-refractivity contribution in [1.29, 1.82) is 0 Å². The lowest BCUT2D eigenvalue weighted by Gasteiger charge is -2.14. The van der Waals surface area contributed by atoms with Crippen LogP contribution >= 0.6 is 0 Å². The van der Waals surface area contributed by atoms with E-state index < -0.39 is 0 Å². The van der Waals surface area contributed by atoms with Gasteiger partial charge in [-0.2, -0.15) is 0 Å². The zero-order chi connectivity index (χ0) is 13.4. The third-order valence-corrected chi connectivity index (χ3v) is 3.14. The van der Waals surface area contributed by atoms with Gasteiger partial charge in [0.25, 0.3) is 5.91 Å². The van der Waals surface area contributed by atoms with Crippen LogP contribution in [0.25, 0.3) is 0 Å². The number of carbonyl (C=O) groups excluding carboxylic acids is 1. The molecular formula is C14H23N3O. The number of nitrogens with one attached hydrogen (secondary N) is 2. The van der Waals surface area contributed by atoms with Crippen molar-refractivity contribution in [3.63, 3.8) is 0 Å². The topological polar surface area (TPSA) is 54.0 Å². The first-order valence-electron chi connectivity index (χ1n) is 6.68. The van der Waals surface area contributed by atoms with Crippen molar-refractivity contribution >= 4 is 11.6 Å². The van der Waals surface area contributed by atoms with E-state index >= 15 is 0 Å². The molecule has 4 heteroatoms. The highest BCUT2D eigenvalue weighted by molar-refractivity contribution is 5.99. The molecule has 18 heavy (non-hydrogen) atoms. The van der Waals surface area contributed by atoms with Crippen molar-refractivity contribution in [3.05, 3.63) is 24.0 Å². The average Bonchev–Trinajstić information content (AvgIpc) is 2.40. The quantitative estimate of drug-likeness (QED) is 0.781. The number of amides is 1. The summed E-state index contributed by atoms with van der Waals surface area (Å²) < 4.78 is 0. The number of aromatic nitrogens is 1. The molecule has 0 aliphatic heterocycles. The Bertz CT molecular complexity index is 375. The summed E-state index contributed by atoms with van der Waals surface area (Å²) >= 11 is 0. The van der Waals surface area contributed by atoms with Crippen LogP contribution < -0.4 is 10.6 Å². The average molecular weight is 249 g/mol. The Kier molecular flexibility index (Phi) is 6.19. The molecule has 2 N–H and O–H groups in total. The molecule has 0 atom stereocenters. The summed E-state index contributed by atoms with van der Waals surface area (Å²) in [5.74, 6) is 0.527. The molecule has 4 nitrogen and oxygen atoms in total. The molecule has 0 fully saturated rings. The summed E-state index contributed by atoms with van der Waals surface area (Å²) in [6.07, 6.45) is 5.52. The van der Waals surface area contributed by atoms with Crippen LogP contribution in [0.3, 0.4) is 0 Å². The van der Waals surface area contributed by atoms with E-state index in [1.165, 1.54) is 0 Å². The molecule has 0 radical (unpaired) electrons. The Morgan fingerprint density at radius 3 is 2.67 bits per heavy atom. The Balaban J connectivity index is 2.66. The molecule has 0 saturated carbocycles. The molecule has 1 rings (SSSR count). The smallest absolute Gasteiger partial charge is 0.253 e. The van der Waals surface area contributed by atoms with Crippen LogP contribution in [0, 0.1) is 5.92 Å². The van der Waals surface area contributed by atoms with Crippen molar-refractivity contribution < 1.29 is 4.79 Å². The Hall–Kier alpha value is -1.58. The van der Waals surface area contributed by atoms with Crippen molar-refractivity contribution in [2.24, 2.45) is 5.92 Å². The normalized spacial score (nSPS) is 10.4. The van der Waals surface area contributed by atoms with Crippen molar-refractivity contribution in [2.75, 3.05) is 18.4 Å². The van der Waals surface area contributed by atoms with Gasteiger partial charge in [-0.25, -0.2) is 0 Å². The van der Waals surface area contributed by atoms with Gasteiger partial charge >= 0.3 is 0 Å². The van der Waals surface area contributed by atoms with Gasteiger partial charge in [0.15, 0.2) is 0 Å². The summed E-state index contributed by atoms with van der Waals surface area (Å²) in [5, 5.41) is 6.14. The van der Waals surface area contributed by atoms with Crippen molar-refractivity contribution in [3.8, 4) is 0 Å². The molecule has 0 aliphatic carbocycles. The highest BCUT2D eigenvalue weighted by atomic mass is 16.1. The Morgan fingerprint density at radius 1 is 1.33 bits per heavy atom. The van der Waals surface area contributed by atoms with Crippen LogP contribution in [0.4, 0.5) is 5.69 Å². The fourth-order valence-corrected chi connectivity index (χ4v) is 1.83. The lowest BCUT2D eigenvalue weighted by molar-refractivity contribution is 0.0947. The minimum atomic E-state index is -0.0275. The van der Waals surface area contributed by atoms with E-state index in [1.807, 2.05) is 6.92 Å². The first-order chi connectivity index (χ1) is 8.72. The lowest BCUT2D eigenvalue weighted by Crippen LogP contribution is -2.29. The molecule has 1 aromatic heterocycles. The van der Waals surface area contributed by atoms with Gasteiger partial charge in [0.2, 0.25) is 0 Å². The third-order valence-electron chi connectivity index (χ3n) is 3.14. The number of rotatable bonds is 7. The standard InChI is InChI=1S/C14H23N3O/c1-4-11(5-2)9-17-14(18)12-7-8-15-10-13(12)16-6-3/h7-8,10-11,16H,4-6,9H2,1-3H3,(H,17,18). The van der Waals surface area contributed by atoms with Crippen LogP contribution in [-0.2, 0) is 0 Å². The molecule has 1 amide bonds. The van der Waals surface area contributed by atoms with Gasteiger partial charge in [-0.3, -0.25) is 9.78 Å². The number of pyridine rings is 1. The highest BCUT2D eigenvalue weighted by Gasteiger charge is 2.12. The monoisotopic (exact) mass is 249 g/mol. The van der Waals surface area contributed by atoms with E-state index in [-0.39, 0.29) is 5.91 Å². The molecule has 1 aromatic rings. The number of nitrogens with zero attached hydrogens (tertiary/aromatic N) is 1. The molecule has 0 spiro atoms. The Labute approximate surface area is 109 Å². The van der Waals surface area contributed by atoms with Gasteiger partial charge in [-0.1, -0.05) is 26.7 Å². The molecule has 0 saturated heterocycles. The minimum Gasteiger partial charge on any atom is -0.383 e. The van der Waals surface area contributed by atoms with E-state index in [2.05, 4.69) is 29.5 Å². The molecule has 1 heterocycles. The summed E-state index contributed by atoms with van der Waals surface area (Å²) in [4.78, 5) is 16.1. The van der Waals surface area contributed by atoms with Crippen LogP contribution in [-0.4, -0.2) is 24.0 Å². The first kappa shape index (κ1) is 14.5. The van der Waals surface area contributed by atoms with Crippen LogP contribution in [0.1, 0.15) is 44.0 Å². The van der Waals surface area contributed by atoms with Crippen molar-refractivity contribution in [2.45, 2.75) is 33.6 Å². The predicted molar refractivity (Wildman–Crippen MR) is 74.8 cm³/mol. The minimum absolute atomic E-state index is 0.0275. The molecule has 0 aromatic carbocycles. The second-order valence-electron chi connectivity index (χ2n) is 4.34. The first-order valence-corrected chi connectivity index (χ1v) is 6.68. The molecular weight excluding hydrogens is 226 g/mol. The van der Waals surface area contributed by atoms with Gasteiger partial charge in [-0.05, 0) is 18.9 Å². The van der Waals surface area contributed by atoms with E-state index in [1.54, 1.807) is 18.5 Å². The summed E-state index contributed by atoms with van der Waals surface area (Å²) in [6, 6.07) is 1.75. The number of anilines is 1. The number of hydrogen-bond donors (Lipinski definition) is 2. The van der Waals surface area contributed by atoms with Gasteiger partial charge in [0.1, 0.15) is 0 Å². The molecule has 0 aliphatic rings. The maximum Gasteiger partial charge on any atom is 0.253 e. The van der Waals surface area contributed by atoms with Crippen molar-refractivity contribution in [1.82, 2.24) is 10.3 Å². The fourth-order valence-electron chi connectivity index (χ4n) is 1.83. The maximum atomic E-state index is 12.1. The number of carbonyl (C=O) groups is 1. The van der Waals surface area contributed by atoms with E-state index in [4.69, 9.17) is 0 Å². The third kappa shape index (κ3) is 4.02. The summed E-state index contributed by atoms with van der Waals surface area (Å²) in [6.45, 7) is 7.81. The van der Waals surface area contributed by atoms with E-state index in [9.17, 15) is 4.79 Å². The highest BCUT2D eigenvalue weighted by Crippen LogP contribution is 2.13. The molecule has 0 bridgehead atoms. The largest absolute Gasteiger partial charge is 0.383 e. The molecule has 100 valence electrons.